The lowest BCUT2D eigenvalue weighted by Gasteiger charge is -2.27. The summed E-state index contributed by atoms with van der Waals surface area (Å²) in [6, 6.07) is 3.29. The molecule has 0 amide bonds. The van der Waals surface area contributed by atoms with E-state index in [0.717, 1.165) is 24.0 Å². The van der Waals surface area contributed by atoms with Crippen LogP contribution in [-0.4, -0.2) is 16.8 Å². The van der Waals surface area contributed by atoms with Gasteiger partial charge in [-0.05, 0) is 42.0 Å². The van der Waals surface area contributed by atoms with Crippen LogP contribution in [0.1, 0.15) is 37.5 Å². The Morgan fingerprint density at radius 2 is 2.00 bits per heavy atom. The van der Waals surface area contributed by atoms with E-state index in [4.69, 9.17) is 4.74 Å². The number of aromatic hydroxyl groups is 2. The highest BCUT2D eigenvalue weighted by molar-refractivity contribution is 5.47. The van der Waals surface area contributed by atoms with Crippen molar-refractivity contribution < 1.29 is 14.9 Å². The minimum Gasteiger partial charge on any atom is -0.504 e. The van der Waals surface area contributed by atoms with Crippen molar-refractivity contribution in [3.63, 3.8) is 0 Å². The number of ether oxygens (including phenoxy) is 1. The molecule has 3 heteroatoms. The molecule has 0 radical (unpaired) electrons. The molecule has 0 saturated heterocycles. The first kappa shape index (κ1) is 11.3. The summed E-state index contributed by atoms with van der Waals surface area (Å²) in [6.07, 6.45) is 1.80. The van der Waals surface area contributed by atoms with Crippen molar-refractivity contribution in [2.24, 2.45) is 5.92 Å². The Bertz CT molecular complexity index is 385. The number of rotatable bonds is 2. The molecule has 1 aromatic rings. The second-order valence-corrected chi connectivity index (χ2v) is 4.78. The van der Waals surface area contributed by atoms with Crippen LogP contribution < -0.4 is 0 Å². The van der Waals surface area contributed by atoms with Gasteiger partial charge in [0.15, 0.2) is 11.5 Å². The Hall–Kier alpha value is -1.22. The number of phenolic OH excluding ortho intramolecular Hbond substituents is 2. The zero-order valence-electron chi connectivity index (χ0n) is 9.73. The summed E-state index contributed by atoms with van der Waals surface area (Å²) in [6.45, 7) is 4.99. The van der Waals surface area contributed by atoms with E-state index < -0.39 is 0 Å². The van der Waals surface area contributed by atoms with E-state index in [1.807, 2.05) is 0 Å². The molecule has 0 aliphatic carbocycles. The lowest BCUT2D eigenvalue weighted by Crippen LogP contribution is -2.17. The van der Waals surface area contributed by atoms with Gasteiger partial charge in [0.25, 0.3) is 0 Å². The maximum Gasteiger partial charge on any atom is 0.157 e. The van der Waals surface area contributed by atoms with Gasteiger partial charge in [0, 0.05) is 0 Å². The van der Waals surface area contributed by atoms with E-state index >= 15 is 0 Å². The standard InChI is InChI=1S/C13H18O3/c1-8(2)5-13-10-7-12(15)11(14)6-9(10)3-4-16-13/h6-8,13-15H,3-5H2,1-2H3. The third kappa shape index (κ3) is 2.14. The van der Waals surface area contributed by atoms with Gasteiger partial charge in [0.1, 0.15) is 0 Å². The molecule has 2 rings (SSSR count). The zero-order chi connectivity index (χ0) is 11.7. The molecular formula is C13H18O3. The molecule has 0 aromatic heterocycles. The summed E-state index contributed by atoms with van der Waals surface area (Å²) >= 11 is 0. The topological polar surface area (TPSA) is 49.7 Å². The molecule has 0 saturated carbocycles. The maximum absolute atomic E-state index is 9.52. The quantitative estimate of drug-likeness (QED) is 0.756. The van der Waals surface area contributed by atoms with Gasteiger partial charge in [-0.2, -0.15) is 0 Å². The van der Waals surface area contributed by atoms with Crippen molar-refractivity contribution in [3.8, 4) is 11.5 Å². The second kappa shape index (κ2) is 4.34. The molecule has 3 nitrogen and oxygen atoms in total. The lowest BCUT2D eigenvalue weighted by atomic mass is 9.92. The SMILES string of the molecule is CC(C)CC1OCCc2cc(O)c(O)cc21. The molecule has 16 heavy (non-hydrogen) atoms. The number of phenols is 2. The van der Waals surface area contributed by atoms with Gasteiger partial charge in [-0.3, -0.25) is 0 Å². The molecular weight excluding hydrogens is 204 g/mol. The van der Waals surface area contributed by atoms with Crippen LogP contribution in [0, 0.1) is 5.92 Å². The fourth-order valence-corrected chi connectivity index (χ4v) is 2.18. The van der Waals surface area contributed by atoms with E-state index in [0.29, 0.717) is 12.5 Å². The van der Waals surface area contributed by atoms with Crippen molar-refractivity contribution in [1.82, 2.24) is 0 Å². The number of hydrogen-bond donors (Lipinski definition) is 2. The van der Waals surface area contributed by atoms with Crippen molar-refractivity contribution in [3.05, 3.63) is 23.3 Å². The number of fused-ring (bicyclic) bond motifs is 1. The van der Waals surface area contributed by atoms with Crippen molar-refractivity contribution in [1.29, 1.82) is 0 Å². The monoisotopic (exact) mass is 222 g/mol. The van der Waals surface area contributed by atoms with E-state index in [9.17, 15) is 10.2 Å². The Morgan fingerprint density at radius 3 is 2.69 bits per heavy atom. The van der Waals surface area contributed by atoms with Gasteiger partial charge in [-0.1, -0.05) is 13.8 Å². The van der Waals surface area contributed by atoms with Crippen LogP contribution >= 0.6 is 0 Å². The van der Waals surface area contributed by atoms with Crippen LogP contribution in [-0.2, 0) is 11.2 Å². The van der Waals surface area contributed by atoms with E-state index in [2.05, 4.69) is 13.8 Å². The van der Waals surface area contributed by atoms with Crippen LogP contribution in [0.2, 0.25) is 0 Å². The average molecular weight is 222 g/mol. The van der Waals surface area contributed by atoms with Gasteiger partial charge >= 0.3 is 0 Å². The molecule has 1 aliphatic rings. The Morgan fingerprint density at radius 1 is 1.31 bits per heavy atom. The van der Waals surface area contributed by atoms with E-state index in [1.165, 1.54) is 0 Å². The molecule has 1 aliphatic heterocycles. The predicted molar refractivity (Wildman–Crippen MR) is 61.6 cm³/mol. The summed E-state index contributed by atoms with van der Waals surface area (Å²) < 4.78 is 5.72. The summed E-state index contributed by atoms with van der Waals surface area (Å²) in [5.41, 5.74) is 2.11. The summed E-state index contributed by atoms with van der Waals surface area (Å²) in [4.78, 5) is 0. The molecule has 0 fully saturated rings. The Labute approximate surface area is 95.7 Å². The molecule has 0 spiro atoms. The van der Waals surface area contributed by atoms with Crippen LogP contribution in [0.15, 0.2) is 12.1 Å². The first-order valence-corrected chi connectivity index (χ1v) is 5.74. The number of hydrogen-bond acceptors (Lipinski definition) is 3. The van der Waals surface area contributed by atoms with Crippen LogP contribution in [0.25, 0.3) is 0 Å². The molecule has 2 N–H and O–H groups in total. The smallest absolute Gasteiger partial charge is 0.157 e. The second-order valence-electron chi connectivity index (χ2n) is 4.78. The number of benzene rings is 1. The molecule has 1 heterocycles. The van der Waals surface area contributed by atoms with Crippen LogP contribution in [0.5, 0.6) is 11.5 Å². The van der Waals surface area contributed by atoms with Gasteiger partial charge in [0.2, 0.25) is 0 Å². The van der Waals surface area contributed by atoms with E-state index in [-0.39, 0.29) is 17.6 Å². The third-order valence-corrected chi connectivity index (χ3v) is 2.96. The van der Waals surface area contributed by atoms with Gasteiger partial charge in [0.05, 0.1) is 12.7 Å². The molecule has 1 atom stereocenters. The lowest BCUT2D eigenvalue weighted by molar-refractivity contribution is 0.0281. The Kier molecular flexibility index (Phi) is 3.06. The predicted octanol–water partition coefficient (Wildman–Crippen LogP) is 2.76. The molecule has 0 bridgehead atoms. The van der Waals surface area contributed by atoms with Crippen molar-refractivity contribution in [2.75, 3.05) is 6.61 Å². The Balaban J connectivity index is 2.34. The van der Waals surface area contributed by atoms with Crippen LogP contribution in [0.3, 0.4) is 0 Å². The largest absolute Gasteiger partial charge is 0.504 e. The molecule has 1 unspecified atom stereocenters. The van der Waals surface area contributed by atoms with Gasteiger partial charge < -0.3 is 14.9 Å². The first-order chi connectivity index (χ1) is 7.58. The molecule has 88 valence electrons. The fourth-order valence-electron chi connectivity index (χ4n) is 2.18. The summed E-state index contributed by atoms with van der Waals surface area (Å²) in [7, 11) is 0. The van der Waals surface area contributed by atoms with E-state index in [1.54, 1.807) is 12.1 Å². The minimum absolute atomic E-state index is 0.0380. The highest BCUT2D eigenvalue weighted by Gasteiger charge is 2.23. The van der Waals surface area contributed by atoms with Crippen molar-refractivity contribution >= 4 is 0 Å². The highest BCUT2D eigenvalue weighted by atomic mass is 16.5. The molecule has 1 aromatic carbocycles. The zero-order valence-corrected chi connectivity index (χ0v) is 9.73. The van der Waals surface area contributed by atoms with Crippen molar-refractivity contribution in [2.45, 2.75) is 32.8 Å². The highest BCUT2D eigenvalue weighted by Crippen LogP contribution is 2.37. The average Bonchev–Trinajstić information content (AvgIpc) is 2.20. The van der Waals surface area contributed by atoms with Crippen LogP contribution in [0.4, 0.5) is 0 Å². The summed E-state index contributed by atoms with van der Waals surface area (Å²) in [5, 5.41) is 19.0. The summed E-state index contributed by atoms with van der Waals surface area (Å²) in [5.74, 6) is 0.453. The third-order valence-electron chi connectivity index (χ3n) is 2.96. The first-order valence-electron chi connectivity index (χ1n) is 5.74. The maximum atomic E-state index is 9.52. The fraction of sp³-hybridized carbons (Fsp3) is 0.538. The van der Waals surface area contributed by atoms with Gasteiger partial charge in [-0.25, -0.2) is 0 Å². The minimum atomic E-state index is -0.0574. The normalized spacial score (nSPS) is 19.8. The van der Waals surface area contributed by atoms with Gasteiger partial charge in [-0.15, -0.1) is 0 Å².